The Morgan fingerprint density at radius 2 is 2.00 bits per heavy atom. The summed E-state index contributed by atoms with van der Waals surface area (Å²) >= 11 is 3.15. The SMILES string of the molecule is FC(F)(F)C(OCCN1CCCC1)c1ccc(Br)cn1. The second kappa shape index (κ2) is 6.87. The maximum absolute atomic E-state index is 13.0. The van der Waals surface area contributed by atoms with Crippen LogP contribution in [0.5, 0.6) is 0 Å². The lowest BCUT2D eigenvalue weighted by Crippen LogP contribution is -2.29. The van der Waals surface area contributed by atoms with Gasteiger partial charge in [0.15, 0.2) is 6.10 Å². The summed E-state index contributed by atoms with van der Waals surface area (Å²) in [5, 5.41) is 0. The van der Waals surface area contributed by atoms with E-state index >= 15 is 0 Å². The van der Waals surface area contributed by atoms with Gasteiger partial charge < -0.3 is 9.64 Å². The first-order valence-electron chi connectivity index (χ1n) is 6.49. The van der Waals surface area contributed by atoms with Crippen molar-refractivity contribution < 1.29 is 17.9 Å². The molecule has 3 nitrogen and oxygen atoms in total. The summed E-state index contributed by atoms with van der Waals surface area (Å²) in [6.45, 7) is 2.47. The fourth-order valence-electron chi connectivity index (χ4n) is 2.20. The standard InChI is InChI=1S/C13H16BrF3N2O/c14-10-3-4-11(18-9-10)12(13(15,16)17)20-8-7-19-5-1-2-6-19/h3-4,9,12H,1-2,5-8H2. The van der Waals surface area contributed by atoms with Crippen LogP contribution in [0, 0.1) is 0 Å². The fourth-order valence-corrected chi connectivity index (χ4v) is 2.43. The van der Waals surface area contributed by atoms with Gasteiger partial charge >= 0.3 is 6.18 Å². The number of ether oxygens (including phenoxy) is 1. The molecule has 0 aromatic carbocycles. The van der Waals surface area contributed by atoms with Crippen molar-refractivity contribution in [2.45, 2.75) is 25.1 Å². The Morgan fingerprint density at radius 1 is 1.30 bits per heavy atom. The molecule has 1 unspecified atom stereocenters. The maximum atomic E-state index is 13.0. The largest absolute Gasteiger partial charge is 0.420 e. The Kier molecular flexibility index (Phi) is 5.40. The fraction of sp³-hybridized carbons (Fsp3) is 0.615. The van der Waals surface area contributed by atoms with Crippen LogP contribution in [0.4, 0.5) is 13.2 Å². The Labute approximate surface area is 124 Å². The monoisotopic (exact) mass is 352 g/mol. The molecule has 1 aliphatic heterocycles. The number of alkyl halides is 3. The molecule has 1 fully saturated rings. The van der Waals surface area contributed by atoms with Crippen molar-refractivity contribution >= 4 is 15.9 Å². The lowest BCUT2D eigenvalue weighted by molar-refractivity contribution is -0.225. The van der Waals surface area contributed by atoms with Gasteiger partial charge in [-0.1, -0.05) is 0 Å². The Morgan fingerprint density at radius 3 is 2.55 bits per heavy atom. The molecule has 2 rings (SSSR count). The molecule has 0 amide bonds. The molecule has 0 bridgehead atoms. The van der Waals surface area contributed by atoms with Crippen LogP contribution in [0.2, 0.25) is 0 Å². The van der Waals surface area contributed by atoms with Gasteiger partial charge in [0.2, 0.25) is 0 Å². The van der Waals surface area contributed by atoms with Crippen LogP contribution in [0.25, 0.3) is 0 Å². The lowest BCUT2D eigenvalue weighted by atomic mass is 10.2. The van der Waals surface area contributed by atoms with E-state index in [1.54, 1.807) is 0 Å². The number of likely N-dealkylation sites (tertiary alicyclic amines) is 1. The first-order valence-corrected chi connectivity index (χ1v) is 7.28. The molecular formula is C13H16BrF3N2O. The van der Waals surface area contributed by atoms with E-state index in [0.717, 1.165) is 25.9 Å². The molecule has 0 saturated carbocycles. The zero-order valence-corrected chi connectivity index (χ0v) is 12.5. The average Bonchev–Trinajstić information content (AvgIpc) is 2.88. The first-order chi connectivity index (χ1) is 9.47. The molecule has 20 heavy (non-hydrogen) atoms. The number of hydrogen-bond donors (Lipinski definition) is 0. The lowest BCUT2D eigenvalue weighted by Gasteiger charge is -2.22. The number of hydrogen-bond acceptors (Lipinski definition) is 3. The van der Waals surface area contributed by atoms with Gasteiger partial charge in [-0.2, -0.15) is 13.2 Å². The third kappa shape index (κ3) is 4.43. The third-order valence-electron chi connectivity index (χ3n) is 3.21. The highest BCUT2D eigenvalue weighted by Crippen LogP contribution is 2.35. The van der Waals surface area contributed by atoms with Gasteiger partial charge in [-0.3, -0.25) is 4.98 Å². The second-order valence-electron chi connectivity index (χ2n) is 4.74. The summed E-state index contributed by atoms with van der Waals surface area (Å²) < 4.78 is 44.7. The Hall–Kier alpha value is -0.660. The van der Waals surface area contributed by atoms with E-state index in [1.807, 2.05) is 0 Å². The highest BCUT2D eigenvalue weighted by molar-refractivity contribution is 9.10. The van der Waals surface area contributed by atoms with Gasteiger partial charge in [0.1, 0.15) is 0 Å². The van der Waals surface area contributed by atoms with Crippen LogP contribution in [0.3, 0.4) is 0 Å². The molecule has 0 radical (unpaired) electrons. The molecule has 1 atom stereocenters. The quantitative estimate of drug-likeness (QED) is 0.810. The molecule has 0 N–H and O–H groups in total. The van der Waals surface area contributed by atoms with Crippen LogP contribution in [-0.4, -0.2) is 42.3 Å². The summed E-state index contributed by atoms with van der Waals surface area (Å²) in [4.78, 5) is 5.90. The summed E-state index contributed by atoms with van der Waals surface area (Å²) in [5.41, 5.74) is -0.109. The average molecular weight is 353 g/mol. The van der Waals surface area contributed by atoms with Crippen LogP contribution < -0.4 is 0 Å². The van der Waals surface area contributed by atoms with E-state index in [4.69, 9.17) is 4.74 Å². The van der Waals surface area contributed by atoms with Crippen molar-refractivity contribution in [3.63, 3.8) is 0 Å². The third-order valence-corrected chi connectivity index (χ3v) is 3.68. The Bertz CT molecular complexity index is 419. The van der Waals surface area contributed by atoms with Crippen molar-refractivity contribution in [1.82, 2.24) is 9.88 Å². The second-order valence-corrected chi connectivity index (χ2v) is 5.66. The van der Waals surface area contributed by atoms with Crippen molar-refractivity contribution in [1.29, 1.82) is 0 Å². The van der Waals surface area contributed by atoms with E-state index in [-0.39, 0.29) is 12.3 Å². The topological polar surface area (TPSA) is 25.4 Å². The molecule has 1 aliphatic rings. The molecule has 1 aromatic heterocycles. The van der Waals surface area contributed by atoms with Crippen LogP contribution in [-0.2, 0) is 4.74 Å². The molecule has 0 spiro atoms. The van der Waals surface area contributed by atoms with E-state index in [0.29, 0.717) is 11.0 Å². The molecule has 0 aliphatic carbocycles. The van der Waals surface area contributed by atoms with Gasteiger partial charge in [-0.05, 0) is 54.0 Å². The van der Waals surface area contributed by atoms with E-state index < -0.39 is 12.3 Å². The first kappa shape index (κ1) is 15.7. The summed E-state index contributed by atoms with van der Waals surface area (Å²) in [5.74, 6) is 0. The van der Waals surface area contributed by atoms with Crippen molar-refractivity contribution in [2.24, 2.45) is 0 Å². The van der Waals surface area contributed by atoms with E-state index in [9.17, 15) is 13.2 Å². The van der Waals surface area contributed by atoms with E-state index in [2.05, 4.69) is 25.8 Å². The molecule has 7 heteroatoms. The van der Waals surface area contributed by atoms with Gasteiger partial charge in [0, 0.05) is 17.2 Å². The number of pyridine rings is 1. The molecular weight excluding hydrogens is 337 g/mol. The minimum absolute atomic E-state index is 0.0575. The van der Waals surface area contributed by atoms with Gasteiger partial charge in [-0.25, -0.2) is 0 Å². The summed E-state index contributed by atoms with van der Waals surface area (Å²) in [6.07, 6.45) is -2.85. The smallest absolute Gasteiger partial charge is 0.361 e. The van der Waals surface area contributed by atoms with Crippen molar-refractivity contribution in [2.75, 3.05) is 26.2 Å². The van der Waals surface area contributed by atoms with Crippen LogP contribution in [0.15, 0.2) is 22.8 Å². The maximum Gasteiger partial charge on any atom is 0.420 e. The minimum Gasteiger partial charge on any atom is -0.361 e. The number of nitrogens with zero attached hydrogens (tertiary/aromatic N) is 2. The number of aromatic nitrogens is 1. The predicted molar refractivity (Wildman–Crippen MR) is 72.4 cm³/mol. The zero-order valence-electron chi connectivity index (χ0n) is 10.9. The van der Waals surface area contributed by atoms with E-state index in [1.165, 1.54) is 18.3 Å². The normalized spacial score (nSPS) is 18.4. The molecule has 1 saturated heterocycles. The number of rotatable bonds is 5. The number of halogens is 4. The zero-order chi connectivity index (χ0) is 14.6. The van der Waals surface area contributed by atoms with Gasteiger partial charge in [-0.15, -0.1) is 0 Å². The predicted octanol–water partition coefficient (Wildman–Crippen LogP) is 3.56. The summed E-state index contributed by atoms with van der Waals surface area (Å²) in [7, 11) is 0. The Balaban J connectivity index is 1.95. The minimum atomic E-state index is -4.45. The molecule has 1 aromatic rings. The van der Waals surface area contributed by atoms with Gasteiger partial charge in [0.25, 0.3) is 0 Å². The highest BCUT2D eigenvalue weighted by Gasteiger charge is 2.42. The highest BCUT2D eigenvalue weighted by atomic mass is 79.9. The van der Waals surface area contributed by atoms with Crippen LogP contribution >= 0.6 is 15.9 Å². The van der Waals surface area contributed by atoms with Crippen molar-refractivity contribution in [3.05, 3.63) is 28.5 Å². The van der Waals surface area contributed by atoms with Crippen molar-refractivity contribution in [3.8, 4) is 0 Å². The van der Waals surface area contributed by atoms with Gasteiger partial charge in [0.05, 0.1) is 12.3 Å². The summed E-state index contributed by atoms with van der Waals surface area (Å²) in [6, 6.07) is 2.86. The molecule has 2 heterocycles. The molecule has 112 valence electrons. The van der Waals surface area contributed by atoms with Crippen LogP contribution in [0.1, 0.15) is 24.6 Å².